The number of amides is 3. The molecule has 0 bridgehead atoms. The van der Waals surface area contributed by atoms with Gasteiger partial charge in [-0.05, 0) is 44.0 Å². The summed E-state index contributed by atoms with van der Waals surface area (Å²) >= 11 is 0. The standard InChI is InChI=1S/C16H23N3O3/c1-2-22-16(21)18-14-9-7-13(8-10-14)17-15(20)19-11-5-3-4-6-12-19/h7-10H,2-6,11-12H2,1H3,(H,17,20)(H,18,21). The summed E-state index contributed by atoms with van der Waals surface area (Å²) in [7, 11) is 0. The van der Waals surface area contributed by atoms with Gasteiger partial charge in [-0.25, -0.2) is 9.59 Å². The minimum atomic E-state index is -0.483. The van der Waals surface area contributed by atoms with Gasteiger partial charge in [-0.3, -0.25) is 5.32 Å². The first-order chi connectivity index (χ1) is 10.7. The molecule has 6 heteroatoms. The number of hydrogen-bond donors (Lipinski definition) is 2. The minimum Gasteiger partial charge on any atom is -0.450 e. The number of anilines is 2. The van der Waals surface area contributed by atoms with Crippen molar-refractivity contribution >= 4 is 23.5 Å². The average Bonchev–Trinajstić information content (AvgIpc) is 2.78. The summed E-state index contributed by atoms with van der Waals surface area (Å²) in [5.41, 5.74) is 1.34. The number of nitrogens with zero attached hydrogens (tertiary/aromatic N) is 1. The predicted octanol–water partition coefficient (Wildman–Crippen LogP) is 3.66. The van der Waals surface area contributed by atoms with Crippen molar-refractivity contribution in [2.24, 2.45) is 0 Å². The first-order valence-electron chi connectivity index (χ1n) is 7.79. The van der Waals surface area contributed by atoms with Crippen molar-refractivity contribution in [2.75, 3.05) is 30.3 Å². The van der Waals surface area contributed by atoms with Crippen LogP contribution in [-0.2, 0) is 4.74 Å². The number of ether oxygens (including phenoxy) is 1. The van der Waals surface area contributed by atoms with E-state index in [-0.39, 0.29) is 6.03 Å². The van der Waals surface area contributed by atoms with E-state index in [1.165, 1.54) is 12.8 Å². The molecule has 3 amide bonds. The molecule has 0 radical (unpaired) electrons. The third-order valence-corrected chi connectivity index (χ3v) is 3.55. The Kier molecular flexibility index (Phi) is 6.06. The fourth-order valence-electron chi connectivity index (χ4n) is 2.40. The highest BCUT2D eigenvalue weighted by molar-refractivity contribution is 5.90. The van der Waals surface area contributed by atoms with Crippen molar-refractivity contribution in [3.63, 3.8) is 0 Å². The number of urea groups is 1. The second-order valence-corrected chi connectivity index (χ2v) is 5.25. The Labute approximate surface area is 130 Å². The Bertz CT molecular complexity index is 494. The molecule has 2 N–H and O–H groups in total. The lowest BCUT2D eigenvalue weighted by Gasteiger charge is -2.20. The van der Waals surface area contributed by atoms with E-state index in [4.69, 9.17) is 4.74 Å². The topological polar surface area (TPSA) is 70.7 Å². The number of rotatable bonds is 3. The van der Waals surface area contributed by atoms with E-state index in [1.807, 2.05) is 4.90 Å². The van der Waals surface area contributed by atoms with Gasteiger partial charge in [-0.2, -0.15) is 0 Å². The van der Waals surface area contributed by atoms with Crippen molar-refractivity contribution < 1.29 is 14.3 Å². The first-order valence-corrected chi connectivity index (χ1v) is 7.79. The van der Waals surface area contributed by atoms with Gasteiger partial charge in [0.05, 0.1) is 6.61 Å². The van der Waals surface area contributed by atoms with Crippen LogP contribution in [0, 0.1) is 0 Å². The van der Waals surface area contributed by atoms with E-state index in [0.717, 1.165) is 25.9 Å². The molecular weight excluding hydrogens is 282 g/mol. The van der Waals surface area contributed by atoms with Crippen LogP contribution in [0.1, 0.15) is 32.6 Å². The van der Waals surface area contributed by atoms with Crippen molar-refractivity contribution in [1.29, 1.82) is 0 Å². The number of carbonyl (C=O) groups is 2. The zero-order chi connectivity index (χ0) is 15.8. The van der Waals surface area contributed by atoms with Gasteiger partial charge in [0.2, 0.25) is 0 Å². The van der Waals surface area contributed by atoms with Gasteiger partial charge in [0.25, 0.3) is 0 Å². The number of carbonyl (C=O) groups excluding carboxylic acids is 2. The number of benzene rings is 1. The molecule has 0 spiro atoms. The lowest BCUT2D eigenvalue weighted by Crippen LogP contribution is -2.35. The molecule has 1 saturated heterocycles. The summed E-state index contributed by atoms with van der Waals surface area (Å²) in [6.07, 6.45) is 4.03. The molecule has 120 valence electrons. The fraction of sp³-hybridized carbons (Fsp3) is 0.500. The highest BCUT2D eigenvalue weighted by Gasteiger charge is 2.15. The molecule has 0 aromatic heterocycles. The number of nitrogens with one attached hydrogen (secondary N) is 2. The van der Waals surface area contributed by atoms with Gasteiger partial charge in [0, 0.05) is 24.5 Å². The van der Waals surface area contributed by atoms with Gasteiger partial charge in [-0.1, -0.05) is 12.8 Å². The Morgan fingerprint density at radius 3 is 2.09 bits per heavy atom. The normalized spacial score (nSPS) is 14.9. The van der Waals surface area contributed by atoms with Crippen molar-refractivity contribution in [1.82, 2.24) is 4.90 Å². The summed E-state index contributed by atoms with van der Waals surface area (Å²) < 4.78 is 4.81. The third-order valence-electron chi connectivity index (χ3n) is 3.55. The molecule has 6 nitrogen and oxygen atoms in total. The van der Waals surface area contributed by atoms with Crippen LogP contribution in [-0.4, -0.2) is 36.7 Å². The van der Waals surface area contributed by atoms with Gasteiger partial charge >= 0.3 is 12.1 Å². The average molecular weight is 305 g/mol. The monoisotopic (exact) mass is 305 g/mol. The molecule has 0 atom stereocenters. The molecule has 2 rings (SSSR count). The first kappa shape index (κ1) is 16.1. The van der Waals surface area contributed by atoms with E-state index in [1.54, 1.807) is 31.2 Å². The molecular formula is C16H23N3O3. The highest BCUT2D eigenvalue weighted by atomic mass is 16.5. The molecule has 0 saturated carbocycles. The van der Waals surface area contributed by atoms with Crippen LogP contribution in [0.4, 0.5) is 21.0 Å². The van der Waals surface area contributed by atoms with Gasteiger partial charge in [0.1, 0.15) is 0 Å². The van der Waals surface area contributed by atoms with E-state index in [9.17, 15) is 9.59 Å². The zero-order valence-electron chi connectivity index (χ0n) is 12.9. The van der Waals surface area contributed by atoms with E-state index >= 15 is 0 Å². The van der Waals surface area contributed by atoms with Crippen LogP contribution in [0.2, 0.25) is 0 Å². The SMILES string of the molecule is CCOC(=O)Nc1ccc(NC(=O)N2CCCCCC2)cc1. The lowest BCUT2D eigenvalue weighted by atomic mass is 10.2. The molecule has 1 aromatic rings. The Balaban J connectivity index is 1.87. The molecule has 1 fully saturated rings. The maximum atomic E-state index is 12.2. The second-order valence-electron chi connectivity index (χ2n) is 5.25. The fourth-order valence-corrected chi connectivity index (χ4v) is 2.40. The summed E-state index contributed by atoms with van der Waals surface area (Å²) in [6.45, 7) is 3.71. The lowest BCUT2D eigenvalue weighted by molar-refractivity contribution is 0.168. The van der Waals surface area contributed by atoms with Crippen molar-refractivity contribution in [3.8, 4) is 0 Å². The molecule has 0 unspecified atom stereocenters. The Morgan fingerprint density at radius 2 is 1.55 bits per heavy atom. The number of hydrogen-bond acceptors (Lipinski definition) is 3. The molecule has 1 aliphatic heterocycles. The van der Waals surface area contributed by atoms with Gasteiger partial charge in [0.15, 0.2) is 0 Å². The maximum absolute atomic E-state index is 12.2. The quantitative estimate of drug-likeness (QED) is 0.895. The van der Waals surface area contributed by atoms with Gasteiger partial charge in [-0.15, -0.1) is 0 Å². The molecule has 22 heavy (non-hydrogen) atoms. The van der Waals surface area contributed by atoms with Crippen LogP contribution in [0.25, 0.3) is 0 Å². The largest absolute Gasteiger partial charge is 0.450 e. The zero-order valence-corrected chi connectivity index (χ0v) is 12.9. The van der Waals surface area contributed by atoms with Crippen LogP contribution < -0.4 is 10.6 Å². The van der Waals surface area contributed by atoms with Gasteiger partial charge < -0.3 is 15.0 Å². The van der Waals surface area contributed by atoms with E-state index < -0.39 is 6.09 Å². The predicted molar refractivity (Wildman–Crippen MR) is 86.1 cm³/mol. The van der Waals surface area contributed by atoms with Crippen molar-refractivity contribution in [2.45, 2.75) is 32.6 Å². The molecule has 1 heterocycles. The maximum Gasteiger partial charge on any atom is 0.411 e. The Morgan fingerprint density at radius 1 is 1.00 bits per heavy atom. The van der Waals surface area contributed by atoms with Crippen LogP contribution in [0.15, 0.2) is 24.3 Å². The Hall–Kier alpha value is -2.24. The molecule has 1 aromatic carbocycles. The second kappa shape index (κ2) is 8.26. The molecule has 0 aliphatic carbocycles. The molecule has 1 aliphatic rings. The number of likely N-dealkylation sites (tertiary alicyclic amines) is 1. The summed E-state index contributed by atoms with van der Waals surface area (Å²) in [6, 6.07) is 6.92. The van der Waals surface area contributed by atoms with Crippen molar-refractivity contribution in [3.05, 3.63) is 24.3 Å². The highest BCUT2D eigenvalue weighted by Crippen LogP contribution is 2.16. The van der Waals surface area contributed by atoms with E-state index in [0.29, 0.717) is 18.0 Å². The van der Waals surface area contributed by atoms with E-state index in [2.05, 4.69) is 10.6 Å². The smallest absolute Gasteiger partial charge is 0.411 e. The third kappa shape index (κ3) is 4.95. The van der Waals surface area contributed by atoms with Crippen LogP contribution in [0.5, 0.6) is 0 Å². The summed E-state index contributed by atoms with van der Waals surface area (Å²) in [5, 5.41) is 5.50. The van der Waals surface area contributed by atoms with Crippen LogP contribution >= 0.6 is 0 Å². The summed E-state index contributed by atoms with van der Waals surface area (Å²) in [4.78, 5) is 25.4. The minimum absolute atomic E-state index is 0.0620. The summed E-state index contributed by atoms with van der Waals surface area (Å²) in [5.74, 6) is 0. The van der Waals surface area contributed by atoms with Crippen LogP contribution in [0.3, 0.4) is 0 Å².